The van der Waals surface area contributed by atoms with E-state index in [-0.39, 0.29) is 11.7 Å². The molecule has 156 valence electrons. The van der Waals surface area contributed by atoms with Crippen LogP contribution < -0.4 is 14.4 Å². The molecule has 1 N–H and O–H groups in total. The van der Waals surface area contributed by atoms with E-state index in [0.29, 0.717) is 22.3 Å². The number of hydrogen-bond acceptors (Lipinski definition) is 6. The van der Waals surface area contributed by atoms with Crippen molar-refractivity contribution in [2.45, 2.75) is 25.7 Å². The number of sulfonamides is 1. The van der Waals surface area contributed by atoms with E-state index in [1.54, 1.807) is 36.4 Å². The molecule has 0 spiro atoms. The summed E-state index contributed by atoms with van der Waals surface area (Å²) in [7, 11) is -1.89. The molecule has 0 aliphatic carbocycles. The fourth-order valence-electron chi connectivity index (χ4n) is 3.27. The summed E-state index contributed by atoms with van der Waals surface area (Å²) in [6.07, 6.45) is -0.526. The smallest absolute Gasteiger partial charge is 0.267 e. The van der Waals surface area contributed by atoms with Gasteiger partial charge >= 0.3 is 0 Å². The number of rotatable bonds is 5. The van der Waals surface area contributed by atoms with Crippen molar-refractivity contribution in [3.05, 3.63) is 59.0 Å². The van der Waals surface area contributed by atoms with Crippen molar-refractivity contribution < 1.29 is 17.9 Å². The van der Waals surface area contributed by atoms with Crippen LogP contribution in [0.15, 0.2) is 47.8 Å². The number of amides is 1. The van der Waals surface area contributed by atoms with Crippen molar-refractivity contribution in [2.75, 3.05) is 16.7 Å². The van der Waals surface area contributed by atoms with Crippen molar-refractivity contribution in [1.82, 2.24) is 4.98 Å². The number of anilines is 2. The van der Waals surface area contributed by atoms with Gasteiger partial charge in [-0.05, 0) is 43.2 Å². The number of fused-ring (bicyclic) bond motifs is 1. The molecule has 1 amide bonds. The van der Waals surface area contributed by atoms with E-state index in [0.717, 1.165) is 16.7 Å². The molecule has 1 atom stereocenters. The average Bonchev–Trinajstić information content (AvgIpc) is 3.15. The summed E-state index contributed by atoms with van der Waals surface area (Å²) >= 11 is 1.21. The largest absolute Gasteiger partial charge is 0.479 e. The number of hydrogen-bond donors (Lipinski definition) is 1. The summed E-state index contributed by atoms with van der Waals surface area (Å²) in [4.78, 5) is 18.2. The number of benzene rings is 2. The van der Waals surface area contributed by atoms with Crippen LogP contribution in [0.4, 0.5) is 10.8 Å². The van der Waals surface area contributed by atoms with Crippen molar-refractivity contribution in [1.29, 1.82) is 0 Å². The van der Waals surface area contributed by atoms with Gasteiger partial charge in [-0.25, -0.2) is 13.4 Å². The highest BCUT2D eigenvalue weighted by Gasteiger charge is 2.29. The Morgan fingerprint density at radius 1 is 1.23 bits per heavy atom. The SMILES string of the molecule is Cc1ccccc1CS(=O)(=O)Nc1nc(-c2ccc3c(c2)N(C)C(=O)C(C)O3)cs1. The Balaban J connectivity index is 1.55. The van der Waals surface area contributed by atoms with E-state index in [1.807, 2.05) is 37.3 Å². The van der Waals surface area contributed by atoms with E-state index in [1.165, 1.54) is 11.3 Å². The Hall–Kier alpha value is -2.91. The second kappa shape index (κ2) is 7.73. The number of ether oxygens (including phenoxy) is 1. The molecule has 0 bridgehead atoms. The number of nitrogens with zero attached hydrogens (tertiary/aromatic N) is 2. The molecule has 7 nitrogen and oxygen atoms in total. The van der Waals surface area contributed by atoms with E-state index in [9.17, 15) is 13.2 Å². The maximum absolute atomic E-state index is 12.6. The predicted molar refractivity (Wildman–Crippen MR) is 118 cm³/mol. The first-order valence-electron chi connectivity index (χ1n) is 9.33. The molecule has 1 unspecified atom stereocenters. The lowest BCUT2D eigenvalue weighted by atomic mass is 10.1. The Bertz CT molecular complexity index is 1220. The summed E-state index contributed by atoms with van der Waals surface area (Å²) in [5, 5.41) is 2.08. The highest BCUT2D eigenvalue weighted by atomic mass is 32.2. The molecule has 1 aromatic heterocycles. The van der Waals surface area contributed by atoms with Crippen molar-refractivity contribution in [3.63, 3.8) is 0 Å². The van der Waals surface area contributed by atoms with Gasteiger partial charge in [-0.15, -0.1) is 11.3 Å². The number of nitrogens with one attached hydrogen (secondary N) is 1. The zero-order chi connectivity index (χ0) is 21.5. The molecular weight excluding hydrogens is 422 g/mol. The normalized spacial score (nSPS) is 16.2. The summed E-state index contributed by atoms with van der Waals surface area (Å²) < 4.78 is 33.3. The molecular formula is C21H21N3O4S2. The highest BCUT2D eigenvalue weighted by Crippen LogP contribution is 2.37. The Labute approximate surface area is 179 Å². The molecule has 1 aliphatic rings. The van der Waals surface area contributed by atoms with E-state index >= 15 is 0 Å². The van der Waals surface area contributed by atoms with Crippen molar-refractivity contribution in [2.24, 2.45) is 0 Å². The molecule has 0 saturated carbocycles. The number of carbonyl (C=O) groups is 1. The van der Waals surface area contributed by atoms with Crippen LogP contribution in [0.5, 0.6) is 5.75 Å². The van der Waals surface area contributed by atoms with Gasteiger partial charge < -0.3 is 9.64 Å². The van der Waals surface area contributed by atoms with Gasteiger partial charge in [0.05, 0.1) is 17.1 Å². The first-order valence-corrected chi connectivity index (χ1v) is 11.9. The minimum Gasteiger partial charge on any atom is -0.479 e. The van der Waals surface area contributed by atoms with Crippen LogP contribution in [-0.4, -0.2) is 32.5 Å². The van der Waals surface area contributed by atoms with E-state index in [2.05, 4.69) is 9.71 Å². The number of thiazole rings is 1. The Morgan fingerprint density at radius 2 is 2.00 bits per heavy atom. The monoisotopic (exact) mass is 443 g/mol. The molecule has 0 saturated heterocycles. The molecule has 4 rings (SSSR count). The second-order valence-electron chi connectivity index (χ2n) is 7.17. The van der Waals surface area contributed by atoms with Gasteiger partial charge in [0.25, 0.3) is 5.91 Å². The van der Waals surface area contributed by atoms with Gasteiger partial charge in [-0.1, -0.05) is 24.3 Å². The lowest BCUT2D eigenvalue weighted by Gasteiger charge is -2.30. The average molecular weight is 444 g/mol. The minimum absolute atomic E-state index is 0.115. The summed E-state index contributed by atoms with van der Waals surface area (Å²) in [6.45, 7) is 3.60. The van der Waals surface area contributed by atoms with Crippen LogP contribution in [0.3, 0.4) is 0 Å². The maximum atomic E-state index is 12.6. The predicted octanol–water partition coefficient (Wildman–Crippen LogP) is 3.80. The lowest BCUT2D eigenvalue weighted by molar-refractivity contribution is -0.125. The first kappa shape index (κ1) is 20.4. The lowest BCUT2D eigenvalue weighted by Crippen LogP contribution is -2.41. The molecule has 1 aliphatic heterocycles. The third kappa shape index (κ3) is 4.03. The molecule has 9 heteroatoms. The third-order valence-corrected chi connectivity index (χ3v) is 7.03. The number of carbonyl (C=O) groups excluding carboxylic acids is 1. The van der Waals surface area contributed by atoms with Gasteiger partial charge in [-0.3, -0.25) is 9.52 Å². The van der Waals surface area contributed by atoms with E-state index < -0.39 is 16.1 Å². The van der Waals surface area contributed by atoms with E-state index in [4.69, 9.17) is 4.74 Å². The summed E-state index contributed by atoms with van der Waals surface area (Å²) in [6, 6.07) is 12.8. The van der Waals surface area contributed by atoms with Crippen LogP contribution in [0.2, 0.25) is 0 Å². The first-order chi connectivity index (χ1) is 14.2. The van der Waals surface area contributed by atoms with Crippen LogP contribution in [-0.2, 0) is 20.6 Å². The minimum atomic E-state index is -3.59. The van der Waals surface area contributed by atoms with Gasteiger partial charge in [0, 0.05) is 18.0 Å². The summed E-state index contributed by atoms with van der Waals surface area (Å²) in [5.74, 6) is 0.390. The quantitative estimate of drug-likeness (QED) is 0.648. The molecule has 2 aromatic carbocycles. The Kier molecular flexibility index (Phi) is 5.25. The molecule has 2 heterocycles. The molecule has 0 radical (unpaired) electrons. The number of aryl methyl sites for hydroxylation is 1. The molecule has 0 fully saturated rings. The number of aromatic nitrogens is 1. The standard InChI is InChI=1S/C21H21N3O4S2/c1-13-6-4-5-7-16(13)12-30(26,27)23-21-22-17(11-29-21)15-8-9-19-18(10-15)24(3)20(25)14(2)28-19/h4-11,14H,12H2,1-3H3,(H,22,23). The zero-order valence-corrected chi connectivity index (χ0v) is 18.4. The molecule has 30 heavy (non-hydrogen) atoms. The van der Waals surface area contributed by atoms with Gasteiger partial charge in [0.1, 0.15) is 5.75 Å². The van der Waals surface area contributed by atoms with Crippen molar-refractivity contribution in [3.8, 4) is 17.0 Å². The second-order valence-corrected chi connectivity index (χ2v) is 9.75. The fourth-order valence-corrected chi connectivity index (χ4v) is 5.52. The van der Waals surface area contributed by atoms with Gasteiger partial charge in [-0.2, -0.15) is 0 Å². The third-order valence-electron chi connectivity index (χ3n) is 4.95. The van der Waals surface area contributed by atoms with Crippen LogP contribution in [0.25, 0.3) is 11.3 Å². The topological polar surface area (TPSA) is 88.6 Å². The summed E-state index contributed by atoms with van der Waals surface area (Å²) in [5.41, 5.74) is 3.72. The number of likely N-dealkylation sites (N-methyl/N-ethyl adjacent to an activating group) is 1. The van der Waals surface area contributed by atoms with Gasteiger partial charge in [0.15, 0.2) is 11.2 Å². The van der Waals surface area contributed by atoms with Crippen molar-refractivity contribution >= 4 is 38.1 Å². The molecule has 3 aromatic rings. The van der Waals surface area contributed by atoms with Crippen LogP contribution in [0.1, 0.15) is 18.1 Å². The Morgan fingerprint density at radius 3 is 2.77 bits per heavy atom. The fraction of sp³-hybridized carbons (Fsp3) is 0.238. The van der Waals surface area contributed by atoms with Gasteiger partial charge in [0.2, 0.25) is 10.0 Å². The van der Waals surface area contributed by atoms with Crippen LogP contribution >= 0.6 is 11.3 Å². The highest BCUT2D eigenvalue weighted by molar-refractivity contribution is 7.92. The maximum Gasteiger partial charge on any atom is 0.267 e. The zero-order valence-electron chi connectivity index (χ0n) is 16.7. The van der Waals surface area contributed by atoms with Crippen LogP contribution in [0, 0.1) is 6.92 Å².